The van der Waals surface area contributed by atoms with Gasteiger partial charge in [-0.05, 0) is 52.1 Å². The zero-order valence-corrected chi connectivity index (χ0v) is 32.4. The third kappa shape index (κ3) is 8.27. The van der Waals surface area contributed by atoms with Gasteiger partial charge in [-0.3, -0.25) is 4.79 Å². The number of nitrogens with zero attached hydrogens (tertiary/aromatic N) is 1. The van der Waals surface area contributed by atoms with E-state index < -0.39 is 23.6 Å². The minimum absolute atomic E-state index is 0. The minimum atomic E-state index is -4.90. The third-order valence-electron chi connectivity index (χ3n) is 8.27. The molecule has 0 saturated carbocycles. The van der Waals surface area contributed by atoms with E-state index in [0.717, 1.165) is 17.7 Å². The molecule has 0 aliphatic carbocycles. The largest absolute Gasteiger partial charge is 0.512 e. The van der Waals surface area contributed by atoms with Crippen LogP contribution in [-0.4, -0.2) is 17.1 Å². The minimum Gasteiger partial charge on any atom is -0.512 e. The maximum atomic E-state index is 11.6. The third-order valence-corrected chi connectivity index (χ3v) is 9.62. The maximum Gasteiger partial charge on any atom is 0.454 e. The van der Waals surface area contributed by atoms with Gasteiger partial charge in [0.15, 0.2) is 0 Å². The van der Waals surface area contributed by atoms with Crippen LogP contribution in [-0.2, 0) is 36.7 Å². The Morgan fingerprint density at radius 3 is 2.06 bits per heavy atom. The zero-order chi connectivity index (χ0) is 35.2. The Morgan fingerprint density at radius 2 is 1.52 bits per heavy atom. The average molecular weight is 853 g/mol. The number of allylic oxidation sites excluding steroid dienone is 2. The first-order chi connectivity index (χ1) is 21.6. The van der Waals surface area contributed by atoms with Crippen molar-refractivity contribution in [1.29, 1.82) is 0 Å². The first-order valence-corrected chi connectivity index (χ1v) is 16.5. The fourth-order valence-electron chi connectivity index (χ4n) is 5.76. The molecule has 259 valence electrons. The summed E-state index contributed by atoms with van der Waals surface area (Å²) in [4.78, 5) is 10.2. The van der Waals surface area contributed by atoms with E-state index in [0.29, 0.717) is 0 Å². The Balaban J connectivity index is 0.000000413. The van der Waals surface area contributed by atoms with E-state index in [1.807, 2.05) is 15.9 Å². The zero-order valence-electron chi connectivity index (χ0n) is 29.2. The molecule has 3 aromatic carbocycles. The number of benzene rings is 3. The normalized spacial score (nSPS) is 12.7. The van der Waals surface area contributed by atoms with Crippen molar-refractivity contribution in [3.05, 3.63) is 103 Å². The Labute approximate surface area is 300 Å². The number of aliphatic hydroxyl groups excluding tert-OH is 1. The number of aromatic nitrogens is 1. The predicted molar refractivity (Wildman–Crippen MR) is 191 cm³/mol. The number of carbonyl (C=O) groups excluding carboxylic acids is 1. The molecule has 1 radical (unpaired) electrons. The van der Waals surface area contributed by atoms with E-state index in [2.05, 4.69) is 117 Å². The van der Waals surface area contributed by atoms with Gasteiger partial charge < -0.3 is 9.67 Å². The topological polar surface area (TPSA) is 41.2 Å². The van der Waals surface area contributed by atoms with Crippen LogP contribution in [0.4, 0.5) is 13.2 Å². The molecule has 0 aliphatic heterocycles. The number of pyridine rings is 1. The first-order valence-electron chi connectivity index (χ1n) is 15.7. The second-order valence-corrected chi connectivity index (χ2v) is 15.8. The summed E-state index contributed by atoms with van der Waals surface area (Å²) >= 11 is 1.90. The molecule has 0 fully saturated rings. The van der Waals surface area contributed by atoms with Crippen LogP contribution < -0.4 is 4.57 Å². The van der Waals surface area contributed by atoms with Crippen LogP contribution in [0.1, 0.15) is 77.6 Å². The molecule has 5 rings (SSSR count). The van der Waals surface area contributed by atoms with Crippen molar-refractivity contribution in [3.63, 3.8) is 0 Å². The van der Waals surface area contributed by atoms with Gasteiger partial charge in [0.2, 0.25) is 0 Å². The number of hydrogen-bond donors (Lipinski definition) is 1. The van der Waals surface area contributed by atoms with Gasteiger partial charge in [-0.25, -0.2) is 0 Å². The Hall–Kier alpha value is -3.32. The monoisotopic (exact) mass is 853 g/mol. The van der Waals surface area contributed by atoms with Crippen molar-refractivity contribution in [2.24, 2.45) is 11.3 Å². The van der Waals surface area contributed by atoms with Gasteiger partial charge in [0, 0.05) is 48.5 Å². The number of halogens is 3. The SMILES string of the molecule is CC(C)/C(O)=C/C(=O)C(F)(F)F.[CH2-]c1c(-c2c3sc4c(C)c(CC(C)(C)C)ccc4c3cc[n+]2[CH2-])cc(C(C)(C)C)c2ccccc12.[Ir]. The van der Waals surface area contributed by atoms with Crippen LogP contribution in [0, 0.1) is 32.2 Å². The van der Waals surface area contributed by atoms with E-state index in [4.69, 9.17) is 5.11 Å². The summed E-state index contributed by atoms with van der Waals surface area (Å²) in [6, 6.07) is 17.9. The van der Waals surface area contributed by atoms with Crippen molar-refractivity contribution in [2.75, 3.05) is 0 Å². The van der Waals surface area contributed by atoms with Gasteiger partial charge in [0.1, 0.15) is 0 Å². The summed E-state index contributed by atoms with van der Waals surface area (Å²) in [5.41, 5.74) is 7.87. The summed E-state index contributed by atoms with van der Waals surface area (Å²) in [5, 5.41) is 13.9. The van der Waals surface area contributed by atoms with Gasteiger partial charge in [0.05, 0.1) is 17.6 Å². The molecule has 0 bridgehead atoms. The van der Waals surface area contributed by atoms with Crippen molar-refractivity contribution in [2.45, 2.75) is 80.3 Å². The molecule has 0 saturated heterocycles. The van der Waals surface area contributed by atoms with Gasteiger partial charge in [0.25, 0.3) is 5.78 Å². The second-order valence-electron chi connectivity index (χ2n) is 14.8. The van der Waals surface area contributed by atoms with Gasteiger partial charge in [-0.15, -0.1) is 34.4 Å². The summed E-state index contributed by atoms with van der Waals surface area (Å²) in [7, 11) is 4.41. The Kier molecular flexibility index (Phi) is 11.6. The number of hydrogen-bond acceptors (Lipinski definition) is 3. The number of aryl methyl sites for hydroxylation is 1. The first kappa shape index (κ1) is 39.1. The predicted octanol–water partition coefficient (Wildman–Crippen LogP) is 11.4. The summed E-state index contributed by atoms with van der Waals surface area (Å²) in [5.74, 6) is -3.07. The molecule has 0 unspecified atom stereocenters. The number of fused-ring (bicyclic) bond motifs is 4. The van der Waals surface area contributed by atoms with Crippen LogP contribution in [0.25, 0.3) is 42.2 Å². The Morgan fingerprint density at radius 1 is 0.938 bits per heavy atom. The van der Waals surface area contributed by atoms with E-state index in [-0.39, 0.29) is 37.0 Å². The summed E-state index contributed by atoms with van der Waals surface area (Å²) in [6.45, 7) is 23.7. The number of thiophene rings is 1. The Bertz CT molecular complexity index is 2010. The van der Waals surface area contributed by atoms with Crippen LogP contribution in [0.2, 0.25) is 0 Å². The summed E-state index contributed by atoms with van der Waals surface area (Å²) < 4.78 is 39.4. The van der Waals surface area contributed by atoms with Crippen LogP contribution >= 0.6 is 11.3 Å². The van der Waals surface area contributed by atoms with Gasteiger partial charge in [-0.2, -0.15) is 25.7 Å². The molecule has 2 aromatic heterocycles. The fraction of sp³-hybridized carbons (Fsp3) is 0.350. The van der Waals surface area contributed by atoms with Gasteiger partial charge in [-0.1, -0.05) is 96.7 Å². The number of ketones is 1. The molecular weight excluding hydrogens is 808 g/mol. The molecule has 0 amide bonds. The molecule has 1 N–H and O–H groups in total. The van der Waals surface area contributed by atoms with E-state index in [9.17, 15) is 18.0 Å². The number of rotatable bonds is 4. The second kappa shape index (κ2) is 14.3. The summed E-state index contributed by atoms with van der Waals surface area (Å²) in [6.07, 6.45) is -1.52. The number of alkyl halides is 3. The molecular formula is C40H45F3IrNO2S-. The number of carbonyl (C=O) groups is 1. The molecule has 8 heteroatoms. The smallest absolute Gasteiger partial charge is 0.454 e. The van der Waals surface area contributed by atoms with Crippen molar-refractivity contribution >= 4 is 48.1 Å². The van der Waals surface area contributed by atoms with Gasteiger partial charge >= 0.3 is 6.18 Å². The van der Waals surface area contributed by atoms with E-state index in [1.165, 1.54) is 67.0 Å². The molecule has 0 aliphatic rings. The molecule has 48 heavy (non-hydrogen) atoms. The van der Waals surface area contributed by atoms with Crippen molar-refractivity contribution < 1.29 is 47.7 Å². The average Bonchev–Trinajstić information content (AvgIpc) is 3.33. The van der Waals surface area contributed by atoms with Crippen LogP contribution in [0.3, 0.4) is 0 Å². The molecule has 3 nitrogen and oxygen atoms in total. The molecule has 2 heterocycles. The number of aliphatic hydroxyl groups is 1. The van der Waals surface area contributed by atoms with Crippen molar-refractivity contribution in [3.8, 4) is 11.3 Å². The van der Waals surface area contributed by atoms with E-state index in [1.54, 1.807) is 0 Å². The fourth-order valence-corrected chi connectivity index (χ4v) is 7.14. The van der Waals surface area contributed by atoms with Crippen LogP contribution in [0.5, 0.6) is 0 Å². The quantitative estimate of drug-likeness (QED) is 0.0847. The van der Waals surface area contributed by atoms with E-state index >= 15 is 0 Å². The molecule has 0 atom stereocenters. The molecule has 0 spiro atoms. The van der Waals surface area contributed by atoms with Crippen molar-refractivity contribution in [1.82, 2.24) is 0 Å². The molecule has 5 aromatic rings. The maximum absolute atomic E-state index is 11.6. The standard InChI is InChI=1S/C33H36NS.C7H9F3O2.Ir/c1-20-22(19-32(3,4)5)14-15-25-26-16-17-34(9)29(31(26)35-30(20)25)27-18-28(33(6,7)8)24-13-11-10-12-23(24)21(27)2;1-4(2)5(11)3-6(12)7(8,9)10;/h10-18H,2,9,19H2,1,3-8H3;3-4,11H,1-2H3;/q-1;;/b;5-3-;. The van der Waals surface area contributed by atoms with Crippen LogP contribution in [0.15, 0.2) is 66.6 Å².